The first kappa shape index (κ1) is 22.4. The van der Waals surface area contributed by atoms with Crippen molar-refractivity contribution < 1.29 is 14.3 Å². The third kappa shape index (κ3) is 5.93. The van der Waals surface area contributed by atoms with Crippen LogP contribution in [0.4, 0.5) is 5.69 Å². The highest BCUT2D eigenvalue weighted by atomic mass is 35.5. The van der Waals surface area contributed by atoms with Gasteiger partial charge in [0, 0.05) is 10.6 Å². The van der Waals surface area contributed by atoms with Crippen LogP contribution >= 0.6 is 11.6 Å². The molecule has 6 nitrogen and oxygen atoms in total. The van der Waals surface area contributed by atoms with Gasteiger partial charge in [0.1, 0.15) is 18.1 Å². The molecule has 168 valence electrons. The fourth-order valence-corrected chi connectivity index (χ4v) is 3.51. The summed E-state index contributed by atoms with van der Waals surface area (Å²) in [6.45, 7) is 4.70. The van der Waals surface area contributed by atoms with Crippen LogP contribution in [0.1, 0.15) is 27.0 Å². The Morgan fingerprint density at radius 3 is 2.45 bits per heavy atom. The Bertz CT molecular complexity index is 1230. The second-order valence-electron chi connectivity index (χ2n) is 7.66. The minimum atomic E-state index is -0.215. The zero-order valence-corrected chi connectivity index (χ0v) is 19.2. The number of rotatable bonds is 8. The molecular weight excluding hydrogens is 438 g/mol. The topological polar surface area (TPSA) is 65.4 Å². The molecule has 4 rings (SSSR count). The number of hydrogen-bond acceptors (Lipinski definition) is 4. The molecule has 1 aromatic heterocycles. The van der Waals surface area contributed by atoms with Crippen LogP contribution in [0, 0.1) is 13.8 Å². The number of benzene rings is 3. The van der Waals surface area contributed by atoms with Gasteiger partial charge >= 0.3 is 0 Å². The number of para-hydroxylation sites is 1. The lowest BCUT2D eigenvalue weighted by Crippen LogP contribution is -2.11. The Hall–Kier alpha value is -3.77. The molecule has 0 saturated carbocycles. The smallest absolute Gasteiger partial charge is 0.255 e. The molecule has 0 spiro atoms. The van der Waals surface area contributed by atoms with E-state index in [4.69, 9.17) is 21.1 Å². The number of ether oxygens (including phenoxy) is 2. The summed E-state index contributed by atoms with van der Waals surface area (Å²) in [6, 6.07) is 20.6. The summed E-state index contributed by atoms with van der Waals surface area (Å²) in [5, 5.41) is 7.66. The molecule has 1 amide bonds. The first-order chi connectivity index (χ1) is 16.0. The summed E-state index contributed by atoms with van der Waals surface area (Å²) < 4.78 is 13.2. The van der Waals surface area contributed by atoms with Gasteiger partial charge in [-0.15, -0.1) is 0 Å². The van der Waals surface area contributed by atoms with Crippen LogP contribution in [0.5, 0.6) is 11.5 Å². The van der Waals surface area contributed by atoms with Crippen molar-refractivity contribution in [3.8, 4) is 11.5 Å². The van der Waals surface area contributed by atoms with Gasteiger partial charge in [-0.1, -0.05) is 48.0 Å². The SMILES string of the molecule is Cc1cccc(C)c1OCc1ccc(C(=O)Nc2cnn(COc3cccc(Cl)c3)c2)cc1. The Morgan fingerprint density at radius 1 is 1.00 bits per heavy atom. The summed E-state index contributed by atoms with van der Waals surface area (Å²) in [6.07, 6.45) is 3.28. The van der Waals surface area contributed by atoms with Crippen molar-refractivity contribution >= 4 is 23.2 Å². The molecule has 7 heteroatoms. The van der Waals surface area contributed by atoms with E-state index in [2.05, 4.69) is 10.4 Å². The monoisotopic (exact) mass is 461 g/mol. The standard InChI is InChI=1S/C26H24ClN3O3/c1-18-5-3-6-19(2)25(18)32-16-20-9-11-21(12-10-20)26(31)29-23-14-28-30(15-23)17-33-24-8-4-7-22(27)13-24/h3-15H,16-17H2,1-2H3,(H,29,31). The van der Waals surface area contributed by atoms with Crippen LogP contribution < -0.4 is 14.8 Å². The molecule has 1 heterocycles. The fourth-order valence-electron chi connectivity index (χ4n) is 3.33. The molecule has 4 aromatic rings. The normalized spacial score (nSPS) is 10.6. The lowest BCUT2D eigenvalue weighted by molar-refractivity contribution is 0.102. The highest BCUT2D eigenvalue weighted by Crippen LogP contribution is 2.23. The molecule has 0 atom stereocenters. The van der Waals surface area contributed by atoms with Crippen molar-refractivity contribution in [3.63, 3.8) is 0 Å². The molecule has 0 aliphatic heterocycles. The van der Waals surface area contributed by atoms with Crippen molar-refractivity contribution in [1.82, 2.24) is 9.78 Å². The van der Waals surface area contributed by atoms with Gasteiger partial charge in [-0.25, -0.2) is 4.68 Å². The van der Waals surface area contributed by atoms with Crippen LogP contribution in [0.25, 0.3) is 0 Å². The Balaban J connectivity index is 1.30. The maximum absolute atomic E-state index is 12.6. The van der Waals surface area contributed by atoms with Crippen LogP contribution in [-0.2, 0) is 13.3 Å². The summed E-state index contributed by atoms with van der Waals surface area (Å²) in [7, 11) is 0. The highest BCUT2D eigenvalue weighted by molar-refractivity contribution is 6.30. The predicted molar refractivity (Wildman–Crippen MR) is 129 cm³/mol. The Labute approximate surface area is 197 Å². The second kappa shape index (κ2) is 10.2. The lowest BCUT2D eigenvalue weighted by atomic mass is 10.1. The lowest BCUT2D eigenvalue weighted by Gasteiger charge is -2.12. The summed E-state index contributed by atoms with van der Waals surface area (Å²) >= 11 is 5.96. The molecule has 0 aliphatic rings. The van der Waals surface area contributed by atoms with Gasteiger partial charge in [-0.2, -0.15) is 5.10 Å². The number of halogens is 1. The number of anilines is 1. The number of nitrogens with zero attached hydrogens (tertiary/aromatic N) is 2. The minimum absolute atomic E-state index is 0.200. The molecule has 0 saturated heterocycles. The Kier molecular flexibility index (Phi) is 6.95. The fraction of sp³-hybridized carbons (Fsp3) is 0.154. The van der Waals surface area contributed by atoms with E-state index < -0.39 is 0 Å². The van der Waals surface area contributed by atoms with E-state index in [9.17, 15) is 4.79 Å². The minimum Gasteiger partial charge on any atom is -0.488 e. The molecule has 0 fully saturated rings. The summed E-state index contributed by atoms with van der Waals surface area (Å²) in [5.74, 6) is 1.33. The van der Waals surface area contributed by atoms with E-state index in [0.29, 0.717) is 28.6 Å². The predicted octanol–water partition coefficient (Wildman–Crippen LogP) is 6.02. The van der Waals surface area contributed by atoms with Crippen LogP contribution in [0.3, 0.4) is 0 Å². The van der Waals surface area contributed by atoms with Gasteiger partial charge in [0.05, 0.1) is 18.1 Å². The molecule has 0 radical (unpaired) electrons. The van der Waals surface area contributed by atoms with Gasteiger partial charge in [-0.3, -0.25) is 4.79 Å². The van der Waals surface area contributed by atoms with Gasteiger partial charge in [-0.05, 0) is 60.9 Å². The first-order valence-corrected chi connectivity index (χ1v) is 10.9. The average Bonchev–Trinajstić information content (AvgIpc) is 3.25. The largest absolute Gasteiger partial charge is 0.488 e. The van der Waals surface area contributed by atoms with Crippen LogP contribution in [0.2, 0.25) is 5.02 Å². The molecule has 1 N–H and O–H groups in total. The summed E-state index contributed by atoms with van der Waals surface area (Å²) in [5.41, 5.74) is 4.32. The number of aromatic nitrogens is 2. The van der Waals surface area contributed by atoms with E-state index in [-0.39, 0.29) is 12.6 Å². The quantitative estimate of drug-likeness (QED) is 0.348. The average molecular weight is 462 g/mol. The van der Waals surface area contributed by atoms with Gasteiger partial charge in [0.15, 0.2) is 6.73 Å². The summed E-state index contributed by atoms with van der Waals surface area (Å²) in [4.78, 5) is 12.6. The zero-order valence-electron chi connectivity index (χ0n) is 18.4. The van der Waals surface area contributed by atoms with E-state index in [1.165, 1.54) is 0 Å². The van der Waals surface area contributed by atoms with E-state index in [0.717, 1.165) is 22.4 Å². The molecule has 0 bridgehead atoms. The van der Waals surface area contributed by atoms with Crippen molar-refractivity contribution in [2.24, 2.45) is 0 Å². The number of nitrogens with one attached hydrogen (secondary N) is 1. The van der Waals surface area contributed by atoms with Crippen molar-refractivity contribution in [3.05, 3.63) is 106 Å². The number of hydrogen-bond donors (Lipinski definition) is 1. The molecule has 3 aromatic carbocycles. The second-order valence-corrected chi connectivity index (χ2v) is 8.10. The van der Waals surface area contributed by atoms with Crippen LogP contribution in [0.15, 0.2) is 79.1 Å². The van der Waals surface area contributed by atoms with E-state index in [1.807, 2.05) is 56.3 Å². The number of carbonyl (C=O) groups excluding carboxylic acids is 1. The van der Waals surface area contributed by atoms with E-state index in [1.54, 1.807) is 41.3 Å². The molecular formula is C26H24ClN3O3. The van der Waals surface area contributed by atoms with Gasteiger partial charge in [0.25, 0.3) is 5.91 Å². The third-order valence-electron chi connectivity index (χ3n) is 5.06. The number of aryl methyl sites for hydroxylation is 2. The first-order valence-electron chi connectivity index (χ1n) is 10.5. The van der Waals surface area contributed by atoms with Crippen molar-refractivity contribution in [2.45, 2.75) is 27.2 Å². The third-order valence-corrected chi connectivity index (χ3v) is 5.29. The van der Waals surface area contributed by atoms with Crippen molar-refractivity contribution in [2.75, 3.05) is 5.32 Å². The number of carbonyl (C=O) groups is 1. The molecule has 33 heavy (non-hydrogen) atoms. The zero-order chi connectivity index (χ0) is 23.2. The van der Waals surface area contributed by atoms with Crippen LogP contribution in [-0.4, -0.2) is 15.7 Å². The highest BCUT2D eigenvalue weighted by Gasteiger charge is 2.09. The number of amides is 1. The maximum atomic E-state index is 12.6. The molecule has 0 unspecified atom stereocenters. The maximum Gasteiger partial charge on any atom is 0.255 e. The molecule has 0 aliphatic carbocycles. The van der Waals surface area contributed by atoms with E-state index >= 15 is 0 Å². The van der Waals surface area contributed by atoms with Gasteiger partial charge < -0.3 is 14.8 Å². The van der Waals surface area contributed by atoms with Gasteiger partial charge in [0.2, 0.25) is 0 Å². The van der Waals surface area contributed by atoms with Crippen molar-refractivity contribution in [1.29, 1.82) is 0 Å². The Morgan fingerprint density at radius 2 is 1.73 bits per heavy atom.